The van der Waals surface area contributed by atoms with Crippen molar-refractivity contribution < 1.29 is 4.79 Å². The molecule has 0 unspecified atom stereocenters. The van der Waals surface area contributed by atoms with Gasteiger partial charge in [0.05, 0.1) is 0 Å². The number of carbonyl (C=O) groups excluding carboxylic acids is 1. The molecule has 3 rings (SSSR count). The number of rotatable bonds is 8. The van der Waals surface area contributed by atoms with Gasteiger partial charge in [-0.3, -0.25) is 4.79 Å². The highest BCUT2D eigenvalue weighted by atomic mass is 32.2. The van der Waals surface area contributed by atoms with Crippen LogP contribution in [0.5, 0.6) is 0 Å². The molecule has 28 heavy (non-hydrogen) atoms. The summed E-state index contributed by atoms with van der Waals surface area (Å²) in [7, 11) is 1.91. The summed E-state index contributed by atoms with van der Waals surface area (Å²) >= 11 is 1.61. The zero-order valence-electron chi connectivity index (χ0n) is 16.0. The van der Waals surface area contributed by atoms with E-state index in [2.05, 4.69) is 32.9 Å². The van der Waals surface area contributed by atoms with Crippen LogP contribution in [0.2, 0.25) is 0 Å². The molecule has 0 aliphatic heterocycles. The Morgan fingerprint density at radius 2 is 1.86 bits per heavy atom. The Bertz CT molecular complexity index is 935. The highest BCUT2D eigenvalue weighted by Crippen LogP contribution is 2.20. The third-order valence-electron chi connectivity index (χ3n) is 4.22. The van der Waals surface area contributed by atoms with Crippen LogP contribution < -0.4 is 5.43 Å². The molecule has 0 radical (unpaired) electrons. The maximum atomic E-state index is 12.3. The van der Waals surface area contributed by atoms with Crippen LogP contribution in [-0.4, -0.2) is 26.4 Å². The molecule has 144 valence electrons. The molecule has 0 saturated carbocycles. The molecular weight excluding hydrogens is 370 g/mol. The summed E-state index contributed by atoms with van der Waals surface area (Å²) in [5.41, 5.74) is 6.51. The van der Waals surface area contributed by atoms with Crippen LogP contribution in [0.4, 0.5) is 0 Å². The van der Waals surface area contributed by atoms with E-state index in [1.54, 1.807) is 18.1 Å². The first-order chi connectivity index (χ1) is 13.6. The van der Waals surface area contributed by atoms with Crippen LogP contribution in [0.3, 0.4) is 0 Å². The average Bonchev–Trinajstić information content (AvgIpc) is 3.15. The van der Waals surface area contributed by atoms with Gasteiger partial charge in [0, 0.05) is 24.1 Å². The van der Waals surface area contributed by atoms with Crippen molar-refractivity contribution in [2.24, 2.45) is 12.1 Å². The Hall–Kier alpha value is -2.93. The molecule has 0 saturated heterocycles. The molecule has 0 spiro atoms. The lowest BCUT2D eigenvalue weighted by molar-refractivity contribution is 0.0954. The van der Waals surface area contributed by atoms with Gasteiger partial charge in [0.25, 0.3) is 5.91 Å². The molecular formula is C21H23N5OS. The normalized spacial score (nSPS) is 11.4. The van der Waals surface area contributed by atoms with Crippen molar-refractivity contribution in [3.05, 3.63) is 77.6 Å². The molecule has 1 aromatic heterocycles. The Balaban J connectivity index is 1.47. The number of aryl methyl sites for hydroxylation is 2. The summed E-state index contributed by atoms with van der Waals surface area (Å²) in [6.45, 7) is 1.93. The number of nitrogens with zero attached hydrogens (tertiary/aromatic N) is 4. The second-order valence-corrected chi connectivity index (χ2v) is 7.43. The molecule has 0 bridgehead atoms. The van der Waals surface area contributed by atoms with Crippen LogP contribution in [-0.2, 0) is 19.2 Å². The van der Waals surface area contributed by atoms with Crippen molar-refractivity contribution >= 4 is 23.4 Å². The van der Waals surface area contributed by atoms with E-state index < -0.39 is 0 Å². The van der Waals surface area contributed by atoms with E-state index in [1.807, 2.05) is 61.0 Å². The molecule has 1 amide bonds. The van der Waals surface area contributed by atoms with E-state index in [0.717, 1.165) is 35.0 Å². The Morgan fingerprint density at radius 1 is 1.11 bits per heavy atom. The van der Waals surface area contributed by atoms with E-state index in [4.69, 9.17) is 0 Å². The third kappa shape index (κ3) is 5.79. The van der Waals surface area contributed by atoms with Gasteiger partial charge in [-0.25, -0.2) is 5.43 Å². The number of aromatic nitrogens is 3. The number of hydrogen-bond acceptors (Lipinski definition) is 5. The number of benzene rings is 2. The molecule has 0 aliphatic rings. The van der Waals surface area contributed by atoms with Gasteiger partial charge in [-0.1, -0.05) is 54.2 Å². The number of amides is 1. The maximum Gasteiger partial charge on any atom is 0.271 e. The first-order valence-electron chi connectivity index (χ1n) is 9.05. The highest BCUT2D eigenvalue weighted by Gasteiger charge is 2.06. The topological polar surface area (TPSA) is 72.2 Å². The number of nitrogens with one attached hydrogen (secondary N) is 1. The predicted octanol–water partition coefficient (Wildman–Crippen LogP) is 3.85. The number of hydrazone groups is 1. The molecule has 6 nitrogen and oxygen atoms in total. The summed E-state index contributed by atoms with van der Waals surface area (Å²) in [5.74, 6) is 0.567. The molecule has 0 aliphatic carbocycles. The van der Waals surface area contributed by atoms with Crippen LogP contribution in [0.1, 0.15) is 34.8 Å². The SMILES string of the molecule is C/C(CCc1ccccc1)=N/NC(=O)c1ccc(CSc2nncn2C)cc1. The van der Waals surface area contributed by atoms with Crippen LogP contribution in [0.25, 0.3) is 0 Å². The lowest BCUT2D eigenvalue weighted by atomic mass is 10.1. The van der Waals surface area contributed by atoms with Gasteiger partial charge in [-0.2, -0.15) is 5.10 Å². The first-order valence-corrected chi connectivity index (χ1v) is 10.0. The third-order valence-corrected chi connectivity index (χ3v) is 5.33. The van der Waals surface area contributed by atoms with Gasteiger partial charge in [0.1, 0.15) is 6.33 Å². The summed E-state index contributed by atoms with van der Waals surface area (Å²) in [5, 5.41) is 13.0. The van der Waals surface area contributed by atoms with Crippen molar-refractivity contribution in [3.8, 4) is 0 Å². The standard InChI is InChI=1S/C21H23N5OS/c1-16(8-9-17-6-4-3-5-7-17)23-24-20(27)19-12-10-18(11-13-19)14-28-21-25-22-15-26(21)2/h3-7,10-13,15H,8-9,14H2,1-2H3,(H,24,27)/b23-16-. The highest BCUT2D eigenvalue weighted by molar-refractivity contribution is 7.98. The van der Waals surface area contributed by atoms with Gasteiger partial charge >= 0.3 is 0 Å². The van der Waals surface area contributed by atoms with Crippen molar-refractivity contribution in [2.45, 2.75) is 30.7 Å². The van der Waals surface area contributed by atoms with E-state index >= 15 is 0 Å². The largest absolute Gasteiger partial charge is 0.312 e. The Kier molecular flexibility index (Phi) is 6.97. The minimum absolute atomic E-state index is 0.202. The quantitative estimate of drug-likeness (QED) is 0.358. The van der Waals surface area contributed by atoms with E-state index in [-0.39, 0.29) is 5.91 Å². The summed E-state index contributed by atoms with van der Waals surface area (Å²) < 4.78 is 1.88. The summed E-state index contributed by atoms with van der Waals surface area (Å²) in [4.78, 5) is 12.3. The first kappa shape index (κ1) is 19.8. The van der Waals surface area contributed by atoms with Gasteiger partial charge in [-0.15, -0.1) is 10.2 Å². The van der Waals surface area contributed by atoms with Crippen molar-refractivity contribution in [2.75, 3.05) is 0 Å². The minimum Gasteiger partial charge on any atom is -0.312 e. The fourth-order valence-corrected chi connectivity index (χ4v) is 3.38. The lowest BCUT2D eigenvalue weighted by Gasteiger charge is -2.05. The maximum absolute atomic E-state index is 12.3. The fraction of sp³-hybridized carbons (Fsp3) is 0.238. The number of carbonyl (C=O) groups is 1. The van der Waals surface area contributed by atoms with Gasteiger partial charge < -0.3 is 4.57 Å². The second-order valence-electron chi connectivity index (χ2n) is 6.48. The molecule has 0 atom stereocenters. The van der Waals surface area contributed by atoms with Crippen molar-refractivity contribution in [1.29, 1.82) is 0 Å². The number of thioether (sulfide) groups is 1. The van der Waals surface area contributed by atoms with Gasteiger partial charge in [-0.05, 0) is 43.0 Å². The average molecular weight is 394 g/mol. The Morgan fingerprint density at radius 3 is 2.54 bits per heavy atom. The second kappa shape index (κ2) is 9.85. The van der Waals surface area contributed by atoms with E-state index in [1.165, 1.54) is 5.56 Å². The van der Waals surface area contributed by atoms with E-state index in [9.17, 15) is 4.79 Å². The Labute approximate surface area is 169 Å². The summed E-state index contributed by atoms with van der Waals surface area (Å²) in [6.07, 6.45) is 3.39. The molecule has 1 heterocycles. The zero-order chi connectivity index (χ0) is 19.8. The molecule has 0 fully saturated rings. The predicted molar refractivity (Wildman–Crippen MR) is 112 cm³/mol. The van der Waals surface area contributed by atoms with Gasteiger partial charge in [0.2, 0.25) is 0 Å². The van der Waals surface area contributed by atoms with Crippen LogP contribution in [0.15, 0.2) is 71.2 Å². The lowest BCUT2D eigenvalue weighted by Crippen LogP contribution is -2.19. The number of hydrogen-bond donors (Lipinski definition) is 1. The molecule has 2 aromatic carbocycles. The minimum atomic E-state index is -0.202. The monoisotopic (exact) mass is 393 g/mol. The smallest absolute Gasteiger partial charge is 0.271 e. The van der Waals surface area contributed by atoms with Gasteiger partial charge in [0.15, 0.2) is 5.16 Å². The van der Waals surface area contributed by atoms with Crippen LogP contribution in [0, 0.1) is 0 Å². The van der Waals surface area contributed by atoms with Crippen molar-refractivity contribution in [1.82, 2.24) is 20.2 Å². The van der Waals surface area contributed by atoms with Crippen molar-refractivity contribution in [3.63, 3.8) is 0 Å². The van der Waals surface area contributed by atoms with E-state index in [0.29, 0.717) is 5.56 Å². The molecule has 1 N–H and O–H groups in total. The summed E-state index contributed by atoms with van der Waals surface area (Å²) in [6, 6.07) is 17.8. The molecule has 3 aromatic rings. The zero-order valence-corrected chi connectivity index (χ0v) is 16.8. The fourth-order valence-electron chi connectivity index (χ4n) is 2.54. The van der Waals surface area contributed by atoms with Crippen LogP contribution >= 0.6 is 11.8 Å². The molecule has 7 heteroatoms.